The summed E-state index contributed by atoms with van der Waals surface area (Å²) < 4.78 is 1.87. The van der Waals surface area contributed by atoms with Gasteiger partial charge in [-0.1, -0.05) is 42.1 Å². The molecule has 1 saturated carbocycles. The maximum atomic E-state index is 12.1. The summed E-state index contributed by atoms with van der Waals surface area (Å²) in [5.41, 5.74) is 2.54. The van der Waals surface area contributed by atoms with Gasteiger partial charge in [-0.3, -0.25) is 9.59 Å². The minimum absolute atomic E-state index is 0.0264. The molecule has 0 radical (unpaired) electrons. The van der Waals surface area contributed by atoms with E-state index in [-0.39, 0.29) is 11.8 Å². The van der Waals surface area contributed by atoms with Crippen molar-refractivity contribution in [1.82, 2.24) is 20.1 Å². The average Bonchev–Trinajstić information content (AvgIpc) is 3.52. The van der Waals surface area contributed by atoms with E-state index in [2.05, 4.69) is 20.8 Å². The number of thioether (sulfide) groups is 1. The fraction of sp³-hybridized carbons (Fsp3) is 0.217. The van der Waals surface area contributed by atoms with Gasteiger partial charge in [0.15, 0.2) is 11.0 Å². The summed E-state index contributed by atoms with van der Waals surface area (Å²) in [4.78, 5) is 24.0. The molecule has 1 fully saturated rings. The molecule has 8 heteroatoms. The zero-order valence-electron chi connectivity index (χ0n) is 17.1. The maximum Gasteiger partial charge on any atom is 0.248 e. The summed E-state index contributed by atoms with van der Waals surface area (Å²) in [7, 11) is 1.88. The van der Waals surface area contributed by atoms with Crippen LogP contribution < -0.4 is 10.6 Å². The zero-order valence-corrected chi connectivity index (χ0v) is 17.9. The van der Waals surface area contributed by atoms with Crippen molar-refractivity contribution in [2.45, 2.75) is 24.0 Å². The highest BCUT2D eigenvalue weighted by atomic mass is 32.2. The predicted octanol–water partition coefficient (Wildman–Crippen LogP) is 3.50. The van der Waals surface area contributed by atoms with Gasteiger partial charge in [0.25, 0.3) is 0 Å². The van der Waals surface area contributed by atoms with E-state index in [0.29, 0.717) is 28.5 Å². The molecule has 1 aliphatic rings. The smallest absolute Gasteiger partial charge is 0.248 e. The first kappa shape index (κ1) is 20.9. The fourth-order valence-electron chi connectivity index (χ4n) is 2.94. The van der Waals surface area contributed by atoms with Crippen LogP contribution in [0.5, 0.6) is 0 Å². The first-order valence-electron chi connectivity index (χ1n) is 10.0. The van der Waals surface area contributed by atoms with Gasteiger partial charge in [-0.25, -0.2) is 0 Å². The monoisotopic (exact) mass is 433 g/mol. The summed E-state index contributed by atoms with van der Waals surface area (Å²) in [6.45, 7) is 0. The minimum atomic E-state index is -0.196. The lowest BCUT2D eigenvalue weighted by molar-refractivity contribution is -0.118. The number of aromatic nitrogens is 3. The number of hydrogen-bond donors (Lipinski definition) is 2. The molecule has 2 aromatic carbocycles. The van der Waals surface area contributed by atoms with Crippen LogP contribution in [0, 0.1) is 0 Å². The standard InChI is InChI=1S/C23H23N5O2S/c1-28-22(26-27-23(28)31-15-21(30)25-19-12-13-19)17-8-10-18(11-9-17)24-20(29)14-7-16-5-3-2-4-6-16/h2-11,14,19H,12-13,15H2,1H3,(H,24,29)(H,25,30)/b14-7+. The van der Waals surface area contributed by atoms with Crippen molar-refractivity contribution in [2.24, 2.45) is 7.05 Å². The first-order valence-corrected chi connectivity index (χ1v) is 11.0. The molecule has 1 heterocycles. The number of carbonyl (C=O) groups is 2. The molecule has 2 amide bonds. The van der Waals surface area contributed by atoms with Crippen LogP contribution in [0.15, 0.2) is 65.8 Å². The number of rotatable bonds is 8. The SMILES string of the molecule is Cn1c(SCC(=O)NC2CC2)nnc1-c1ccc(NC(=O)/C=C/c2ccccc2)cc1. The van der Waals surface area contributed by atoms with E-state index in [4.69, 9.17) is 0 Å². The molecule has 0 aliphatic heterocycles. The molecule has 0 bridgehead atoms. The van der Waals surface area contributed by atoms with Gasteiger partial charge in [0.2, 0.25) is 11.8 Å². The van der Waals surface area contributed by atoms with Gasteiger partial charge in [-0.2, -0.15) is 0 Å². The van der Waals surface area contributed by atoms with E-state index < -0.39 is 0 Å². The highest BCUT2D eigenvalue weighted by Crippen LogP contribution is 2.24. The molecule has 158 valence electrons. The molecule has 0 spiro atoms. The number of anilines is 1. The third kappa shape index (κ3) is 5.82. The van der Waals surface area contributed by atoms with E-state index >= 15 is 0 Å². The molecule has 2 N–H and O–H groups in total. The Hall–Kier alpha value is -3.39. The third-order valence-electron chi connectivity index (χ3n) is 4.75. The van der Waals surface area contributed by atoms with Gasteiger partial charge in [0.05, 0.1) is 5.75 Å². The molecule has 4 rings (SSSR count). The molecule has 3 aromatic rings. The van der Waals surface area contributed by atoms with Gasteiger partial charge in [0, 0.05) is 30.4 Å². The predicted molar refractivity (Wildman–Crippen MR) is 122 cm³/mol. The van der Waals surface area contributed by atoms with Crippen LogP contribution in [-0.2, 0) is 16.6 Å². The lowest BCUT2D eigenvalue weighted by atomic mass is 10.2. The number of benzene rings is 2. The van der Waals surface area contributed by atoms with Crippen molar-refractivity contribution < 1.29 is 9.59 Å². The Bertz CT molecular complexity index is 1090. The van der Waals surface area contributed by atoms with E-state index in [1.165, 1.54) is 17.8 Å². The Labute approximate surface area is 185 Å². The lowest BCUT2D eigenvalue weighted by Crippen LogP contribution is -2.27. The number of amides is 2. The van der Waals surface area contributed by atoms with Crippen LogP contribution in [0.2, 0.25) is 0 Å². The largest absolute Gasteiger partial charge is 0.353 e. The highest BCUT2D eigenvalue weighted by molar-refractivity contribution is 7.99. The van der Waals surface area contributed by atoms with Crippen LogP contribution in [-0.4, -0.2) is 38.4 Å². The van der Waals surface area contributed by atoms with E-state index in [1.54, 1.807) is 6.08 Å². The number of nitrogens with zero attached hydrogens (tertiary/aromatic N) is 3. The van der Waals surface area contributed by atoms with Crippen LogP contribution in [0.4, 0.5) is 5.69 Å². The van der Waals surface area contributed by atoms with Crippen molar-refractivity contribution in [3.8, 4) is 11.4 Å². The van der Waals surface area contributed by atoms with Gasteiger partial charge >= 0.3 is 0 Å². The summed E-state index contributed by atoms with van der Waals surface area (Å²) in [5, 5.41) is 14.9. The average molecular weight is 434 g/mol. The third-order valence-corrected chi connectivity index (χ3v) is 5.77. The van der Waals surface area contributed by atoms with Gasteiger partial charge in [-0.15, -0.1) is 10.2 Å². The minimum Gasteiger partial charge on any atom is -0.353 e. The van der Waals surface area contributed by atoms with Crippen LogP contribution >= 0.6 is 11.8 Å². The van der Waals surface area contributed by atoms with Crippen molar-refractivity contribution >= 4 is 35.3 Å². The molecule has 31 heavy (non-hydrogen) atoms. The second-order valence-electron chi connectivity index (χ2n) is 7.31. The summed E-state index contributed by atoms with van der Waals surface area (Å²) >= 11 is 1.37. The number of nitrogens with one attached hydrogen (secondary N) is 2. The van der Waals surface area contributed by atoms with Crippen LogP contribution in [0.1, 0.15) is 18.4 Å². The van der Waals surface area contributed by atoms with Gasteiger partial charge in [-0.05, 0) is 48.7 Å². The molecule has 7 nitrogen and oxygen atoms in total. The molecule has 0 unspecified atom stereocenters. The first-order chi connectivity index (χ1) is 15.1. The van der Waals surface area contributed by atoms with Gasteiger partial charge in [0.1, 0.15) is 0 Å². The summed E-state index contributed by atoms with van der Waals surface area (Å²) in [5.74, 6) is 0.855. The highest BCUT2D eigenvalue weighted by Gasteiger charge is 2.23. The number of carbonyl (C=O) groups excluding carboxylic acids is 2. The Morgan fingerprint density at radius 2 is 1.84 bits per heavy atom. The molecule has 1 aliphatic carbocycles. The van der Waals surface area contributed by atoms with E-state index in [1.807, 2.05) is 66.2 Å². The van der Waals surface area contributed by atoms with Crippen molar-refractivity contribution in [2.75, 3.05) is 11.1 Å². The Morgan fingerprint density at radius 3 is 2.55 bits per heavy atom. The second-order valence-corrected chi connectivity index (χ2v) is 8.25. The molecular formula is C23H23N5O2S. The van der Waals surface area contributed by atoms with Gasteiger partial charge < -0.3 is 15.2 Å². The fourth-order valence-corrected chi connectivity index (χ4v) is 3.66. The molecular weight excluding hydrogens is 410 g/mol. The Morgan fingerprint density at radius 1 is 1.10 bits per heavy atom. The number of hydrogen-bond acceptors (Lipinski definition) is 5. The van der Waals surface area contributed by atoms with Crippen molar-refractivity contribution in [3.05, 3.63) is 66.2 Å². The van der Waals surface area contributed by atoms with E-state index in [0.717, 1.165) is 24.0 Å². The van der Waals surface area contributed by atoms with Crippen LogP contribution in [0.3, 0.4) is 0 Å². The Balaban J connectivity index is 1.34. The topological polar surface area (TPSA) is 88.9 Å². The summed E-state index contributed by atoms with van der Waals surface area (Å²) in [6.07, 6.45) is 5.43. The maximum absolute atomic E-state index is 12.1. The normalized spacial score (nSPS) is 13.3. The molecule has 0 atom stereocenters. The second kappa shape index (κ2) is 9.61. The quantitative estimate of drug-likeness (QED) is 0.419. The summed E-state index contributed by atoms with van der Waals surface area (Å²) in [6, 6.07) is 17.4. The van der Waals surface area contributed by atoms with Crippen molar-refractivity contribution in [3.63, 3.8) is 0 Å². The van der Waals surface area contributed by atoms with E-state index in [9.17, 15) is 9.59 Å². The zero-order chi connectivity index (χ0) is 21.6. The lowest BCUT2D eigenvalue weighted by Gasteiger charge is -2.06. The molecule has 1 aromatic heterocycles. The van der Waals surface area contributed by atoms with Crippen molar-refractivity contribution in [1.29, 1.82) is 0 Å². The molecule has 0 saturated heterocycles. The Kier molecular flexibility index (Phi) is 6.47. The van der Waals surface area contributed by atoms with Crippen LogP contribution in [0.25, 0.3) is 17.5 Å².